The lowest BCUT2D eigenvalue weighted by atomic mass is 10.1. The van der Waals surface area contributed by atoms with Gasteiger partial charge in [0.2, 0.25) is 0 Å². The van der Waals surface area contributed by atoms with Crippen molar-refractivity contribution in [3.05, 3.63) is 29.3 Å². The van der Waals surface area contributed by atoms with Crippen molar-refractivity contribution in [3.63, 3.8) is 0 Å². The number of amides is 1. The van der Waals surface area contributed by atoms with Gasteiger partial charge in [-0.15, -0.1) is 0 Å². The van der Waals surface area contributed by atoms with E-state index in [0.717, 1.165) is 18.5 Å². The molecule has 3 N–H and O–H groups in total. The molecule has 0 heterocycles. The Balaban J connectivity index is 2.45. The molecule has 116 valence electrons. The Labute approximate surface area is 131 Å². The van der Waals surface area contributed by atoms with Gasteiger partial charge in [-0.25, -0.2) is 0 Å². The van der Waals surface area contributed by atoms with E-state index in [0.29, 0.717) is 22.3 Å². The highest BCUT2D eigenvalue weighted by Gasteiger charge is 2.08. The van der Waals surface area contributed by atoms with E-state index in [2.05, 4.69) is 30.0 Å². The largest absolute Gasteiger partial charge is 0.496 e. The van der Waals surface area contributed by atoms with Gasteiger partial charge in [0.15, 0.2) is 5.11 Å². The third-order valence-electron chi connectivity index (χ3n) is 2.97. The Kier molecular flexibility index (Phi) is 6.94. The van der Waals surface area contributed by atoms with Crippen LogP contribution in [0.25, 0.3) is 0 Å². The van der Waals surface area contributed by atoms with Crippen molar-refractivity contribution in [1.82, 2.24) is 16.2 Å². The molecule has 5 nitrogen and oxygen atoms in total. The molecule has 0 saturated heterocycles. The van der Waals surface area contributed by atoms with Gasteiger partial charge in [0.1, 0.15) is 5.75 Å². The molecule has 0 aliphatic carbocycles. The summed E-state index contributed by atoms with van der Waals surface area (Å²) in [4.78, 5) is 12.0. The lowest BCUT2D eigenvalue weighted by Gasteiger charge is -2.13. The SMILES string of the molecule is COc1cc(C(=O)NNC(=S)NCCC(C)C)ccc1C. The fraction of sp³-hybridized carbons (Fsp3) is 0.467. The van der Waals surface area contributed by atoms with Gasteiger partial charge < -0.3 is 10.1 Å². The van der Waals surface area contributed by atoms with E-state index in [-0.39, 0.29) is 5.91 Å². The van der Waals surface area contributed by atoms with Crippen molar-refractivity contribution in [2.75, 3.05) is 13.7 Å². The molecule has 1 aromatic rings. The standard InChI is InChI=1S/C15H23N3O2S/c1-10(2)7-8-16-15(21)18-17-14(19)12-6-5-11(3)13(9-12)20-4/h5-6,9-10H,7-8H2,1-4H3,(H,17,19)(H2,16,18,21). The molecule has 0 spiro atoms. The Hall–Kier alpha value is -1.82. The van der Waals surface area contributed by atoms with Crippen LogP contribution in [0.3, 0.4) is 0 Å². The number of benzene rings is 1. The quantitative estimate of drug-likeness (QED) is 0.575. The van der Waals surface area contributed by atoms with Crippen LogP contribution in [0.5, 0.6) is 5.75 Å². The number of carbonyl (C=O) groups excluding carboxylic acids is 1. The minimum Gasteiger partial charge on any atom is -0.496 e. The zero-order valence-corrected chi connectivity index (χ0v) is 13.8. The topological polar surface area (TPSA) is 62.4 Å². The molecule has 1 rings (SSSR count). The maximum Gasteiger partial charge on any atom is 0.269 e. The number of hydrogen-bond donors (Lipinski definition) is 3. The molecule has 0 aliphatic rings. The second-order valence-electron chi connectivity index (χ2n) is 5.20. The normalized spacial score (nSPS) is 10.1. The molecule has 0 aliphatic heterocycles. The lowest BCUT2D eigenvalue weighted by molar-refractivity contribution is 0.0943. The molecule has 0 bridgehead atoms. The van der Waals surface area contributed by atoms with Crippen LogP contribution >= 0.6 is 12.2 Å². The van der Waals surface area contributed by atoms with Crippen molar-refractivity contribution in [2.45, 2.75) is 27.2 Å². The van der Waals surface area contributed by atoms with E-state index in [1.165, 1.54) is 0 Å². The second-order valence-corrected chi connectivity index (χ2v) is 5.61. The summed E-state index contributed by atoms with van der Waals surface area (Å²) in [6.45, 7) is 6.99. The first-order chi connectivity index (χ1) is 9.93. The molecular weight excluding hydrogens is 286 g/mol. The number of hydrogen-bond acceptors (Lipinski definition) is 3. The number of nitrogens with one attached hydrogen (secondary N) is 3. The molecule has 0 radical (unpaired) electrons. The van der Waals surface area contributed by atoms with E-state index in [4.69, 9.17) is 17.0 Å². The maximum absolute atomic E-state index is 12.0. The van der Waals surface area contributed by atoms with E-state index >= 15 is 0 Å². The fourth-order valence-corrected chi connectivity index (χ4v) is 1.82. The van der Waals surface area contributed by atoms with Crippen molar-refractivity contribution in [1.29, 1.82) is 0 Å². The number of carbonyl (C=O) groups is 1. The van der Waals surface area contributed by atoms with Crippen LogP contribution < -0.4 is 20.9 Å². The molecule has 6 heteroatoms. The summed E-state index contributed by atoms with van der Waals surface area (Å²) >= 11 is 5.08. The van der Waals surface area contributed by atoms with E-state index in [1.807, 2.05) is 13.0 Å². The Bertz CT molecular complexity index is 504. The van der Waals surface area contributed by atoms with Crippen LogP contribution in [0.2, 0.25) is 0 Å². The fourth-order valence-electron chi connectivity index (χ4n) is 1.67. The first kappa shape index (κ1) is 17.2. The van der Waals surface area contributed by atoms with Crippen LogP contribution in [0.15, 0.2) is 18.2 Å². The second kappa shape index (κ2) is 8.46. The van der Waals surface area contributed by atoms with Crippen LogP contribution in [-0.4, -0.2) is 24.7 Å². The Morgan fingerprint density at radius 1 is 1.33 bits per heavy atom. The third kappa shape index (κ3) is 5.99. The molecule has 0 unspecified atom stereocenters. The highest BCUT2D eigenvalue weighted by atomic mass is 32.1. The van der Waals surface area contributed by atoms with Gasteiger partial charge in [-0.05, 0) is 49.2 Å². The summed E-state index contributed by atoms with van der Waals surface area (Å²) in [6.07, 6.45) is 1.02. The highest BCUT2D eigenvalue weighted by Crippen LogP contribution is 2.18. The molecule has 0 saturated carbocycles. The summed E-state index contributed by atoms with van der Waals surface area (Å²) in [6, 6.07) is 5.28. The molecule has 0 fully saturated rings. The van der Waals surface area contributed by atoms with Crippen LogP contribution in [-0.2, 0) is 0 Å². The van der Waals surface area contributed by atoms with Crippen molar-refractivity contribution >= 4 is 23.2 Å². The number of thiocarbonyl (C=S) groups is 1. The Morgan fingerprint density at radius 3 is 2.67 bits per heavy atom. The summed E-state index contributed by atoms with van der Waals surface area (Å²) in [5.74, 6) is 1.02. The van der Waals surface area contributed by atoms with E-state index in [9.17, 15) is 4.79 Å². The van der Waals surface area contributed by atoms with E-state index < -0.39 is 0 Å². The monoisotopic (exact) mass is 309 g/mol. The summed E-state index contributed by atoms with van der Waals surface area (Å²) < 4.78 is 5.20. The first-order valence-corrected chi connectivity index (χ1v) is 7.33. The van der Waals surface area contributed by atoms with Gasteiger partial charge in [0.05, 0.1) is 7.11 Å². The van der Waals surface area contributed by atoms with Gasteiger partial charge in [-0.1, -0.05) is 19.9 Å². The van der Waals surface area contributed by atoms with Gasteiger partial charge in [0, 0.05) is 12.1 Å². The number of ether oxygens (including phenoxy) is 1. The van der Waals surface area contributed by atoms with Crippen LogP contribution in [0, 0.1) is 12.8 Å². The van der Waals surface area contributed by atoms with E-state index in [1.54, 1.807) is 19.2 Å². The zero-order chi connectivity index (χ0) is 15.8. The smallest absolute Gasteiger partial charge is 0.269 e. The number of aryl methyl sites for hydroxylation is 1. The number of rotatable bonds is 5. The number of methoxy groups -OCH3 is 1. The van der Waals surface area contributed by atoms with Gasteiger partial charge in [-0.2, -0.15) is 0 Å². The summed E-state index contributed by atoms with van der Waals surface area (Å²) in [5, 5.41) is 3.44. The molecule has 21 heavy (non-hydrogen) atoms. The summed E-state index contributed by atoms with van der Waals surface area (Å²) in [5.41, 5.74) is 6.73. The third-order valence-corrected chi connectivity index (χ3v) is 3.21. The average Bonchev–Trinajstić information content (AvgIpc) is 2.44. The molecular formula is C15H23N3O2S. The van der Waals surface area contributed by atoms with Crippen molar-refractivity contribution in [2.24, 2.45) is 5.92 Å². The highest BCUT2D eigenvalue weighted by molar-refractivity contribution is 7.80. The lowest BCUT2D eigenvalue weighted by Crippen LogP contribution is -2.47. The molecule has 0 aromatic heterocycles. The van der Waals surface area contributed by atoms with Crippen molar-refractivity contribution < 1.29 is 9.53 Å². The molecule has 0 atom stereocenters. The van der Waals surface area contributed by atoms with Crippen LogP contribution in [0.4, 0.5) is 0 Å². The minimum atomic E-state index is -0.263. The predicted molar refractivity (Wildman–Crippen MR) is 88.4 cm³/mol. The molecule has 1 amide bonds. The maximum atomic E-state index is 12.0. The first-order valence-electron chi connectivity index (χ1n) is 6.93. The van der Waals surface area contributed by atoms with Crippen LogP contribution in [0.1, 0.15) is 36.2 Å². The predicted octanol–water partition coefficient (Wildman–Crippen LogP) is 2.16. The summed E-state index contributed by atoms with van der Waals surface area (Å²) in [7, 11) is 1.58. The minimum absolute atomic E-state index is 0.263. The Morgan fingerprint density at radius 2 is 2.05 bits per heavy atom. The zero-order valence-electron chi connectivity index (χ0n) is 12.9. The van der Waals surface area contributed by atoms with Gasteiger partial charge in [-0.3, -0.25) is 15.6 Å². The molecule has 1 aromatic carbocycles. The van der Waals surface area contributed by atoms with Gasteiger partial charge in [0.25, 0.3) is 5.91 Å². The van der Waals surface area contributed by atoms with Gasteiger partial charge >= 0.3 is 0 Å². The van der Waals surface area contributed by atoms with Crippen molar-refractivity contribution in [3.8, 4) is 5.75 Å². The average molecular weight is 309 g/mol. The number of hydrazine groups is 1.